The Hall–Kier alpha value is -2.96. The Morgan fingerprint density at radius 1 is 1.00 bits per heavy atom. The third kappa shape index (κ3) is 5.40. The number of carbonyl (C=O) groups excluding carboxylic acids is 3. The van der Waals surface area contributed by atoms with Crippen molar-refractivity contribution in [2.24, 2.45) is 0 Å². The summed E-state index contributed by atoms with van der Waals surface area (Å²) in [6.07, 6.45) is -0.447. The van der Waals surface area contributed by atoms with Crippen molar-refractivity contribution in [3.63, 3.8) is 0 Å². The van der Waals surface area contributed by atoms with E-state index in [0.29, 0.717) is 6.61 Å². The third-order valence-electron chi connectivity index (χ3n) is 4.78. The summed E-state index contributed by atoms with van der Waals surface area (Å²) < 4.78 is 10.9. The molecule has 1 heterocycles. The van der Waals surface area contributed by atoms with E-state index < -0.39 is 23.8 Å². The molecule has 1 unspecified atom stereocenters. The molecule has 1 aliphatic rings. The number of nitrogens with zero attached hydrogens (tertiary/aromatic N) is 1. The molecule has 2 atom stereocenters. The molecule has 2 aromatic rings. The number of amides is 2. The van der Waals surface area contributed by atoms with Crippen molar-refractivity contribution in [3.8, 4) is 5.75 Å². The molecule has 3 rings (SSSR count). The predicted octanol–water partition coefficient (Wildman–Crippen LogP) is 1.27. The summed E-state index contributed by atoms with van der Waals surface area (Å²) in [5, 5.41) is 8.92. The van der Waals surface area contributed by atoms with Gasteiger partial charge in [0.1, 0.15) is 0 Å². The molecule has 31 heavy (non-hydrogen) atoms. The summed E-state index contributed by atoms with van der Waals surface area (Å²) in [5.74, 6) is -2.14. The number of fused-ring (bicyclic) bond motifs is 1. The van der Waals surface area contributed by atoms with E-state index in [-0.39, 0.29) is 47.5 Å². The Balaban J connectivity index is 1.67. The molecule has 0 aliphatic carbocycles. The van der Waals surface area contributed by atoms with E-state index in [1.54, 1.807) is 12.1 Å². The maximum absolute atomic E-state index is 13.0. The Kier molecular flexibility index (Phi) is 7.60. The minimum absolute atomic E-state index is 0.0876. The van der Waals surface area contributed by atoms with E-state index in [9.17, 15) is 19.2 Å². The molecular weight excluding hydrogens is 465 g/mol. The van der Waals surface area contributed by atoms with Crippen molar-refractivity contribution in [1.82, 2.24) is 4.90 Å². The van der Waals surface area contributed by atoms with Gasteiger partial charge in [-0.1, -0.05) is 30.3 Å². The van der Waals surface area contributed by atoms with Gasteiger partial charge in [-0.25, -0.2) is 0 Å². The van der Waals surface area contributed by atoms with E-state index in [0.717, 1.165) is 27.3 Å². The Morgan fingerprint density at radius 3 is 2.42 bits per heavy atom. The van der Waals surface area contributed by atoms with Crippen LogP contribution in [-0.2, 0) is 20.9 Å². The normalized spacial score (nSPS) is 13.8. The molecule has 0 bridgehead atoms. The van der Waals surface area contributed by atoms with Gasteiger partial charge in [-0.15, -0.1) is 0 Å². The van der Waals surface area contributed by atoms with Gasteiger partial charge in [0, 0.05) is 0 Å². The van der Waals surface area contributed by atoms with Gasteiger partial charge in [-0.3, -0.25) is 0 Å². The van der Waals surface area contributed by atoms with Gasteiger partial charge in [0.25, 0.3) is 0 Å². The van der Waals surface area contributed by atoms with Crippen LogP contribution in [-0.4, -0.2) is 68.5 Å². The average Bonchev–Trinajstić information content (AvgIpc) is 3.00. The van der Waals surface area contributed by atoms with Crippen molar-refractivity contribution in [2.45, 2.75) is 25.5 Å². The number of carboxylic acids is 1. The second-order valence-electron chi connectivity index (χ2n) is 6.90. The van der Waals surface area contributed by atoms with Crippen molar-refractivity contribution in [1.29, 1.82) is 0 Å². The van der Waals surface area contributed by atoms with Gasteiger partial charge < -0.3 is 0 Å². The zero-order chi connectivity index (χ0) is 22.4. The predicted molar refractivity (Wildman–Crippen MR) is 113 cm³/mol. The van der Waals surface area contributed by atoms with Crippen LogP contribution in [0, 0.1) is 0 Å². The fourth-order valence-corrected chi connectivity index (χ4v) is 3.97. The van der Waals surface area contributed by atoms with Crippen LogP contribution in [0.2, 0.25) is 0 Å². The van der Waals surface area contributed by atoms with Gasteiger partial charge >= 0.3 is 157 Å². The van der Waals surface area contributed by atoms with Crippen molar-refractivity contribution in [2.75, 3.05) is 13.2 Å². The zero-order valence-electron chi connectivity index (χ0n) is 16.7. The second-order valence-corrected chi connectivity index (χ2v) is 8.09. The number of aliphatic carboxylic acids is 1. The number of hydrogen-bond donors (Lipinski definition) is 1. The first-order valence-corrected chi connectivity index (χ1v) is 10.9. The van der Waals surface area contributed by atoms with Gasteiger partial charge in [0.2, 0.25) is 0 Å². The van der Waals surface area contributed by atoms with Gasteiger partial charge in [-0.05, 0) is 0 Å². The summed E-state index contributed by atoms with van der Waals surface area (Å²) in [4.78, 5) is 49.7. The molecule has 0 radical (unpaired) electrons. The van der Waals surface area contributed by atoms with Gasteiger partial charge in [-0.2, -0.15) is 0 Å². The molecule has 2 aromatic carbocycles. The van der Waals surface area contributed by atoms with Crippen molar-refractivity contribution < 1.29 is 33.8 Å². The number of hydrogen-bond acceptors (Lipinski definition) is 6. The van der Waals surface area contributed by atoms with E-state index in [2.05, 4.69) is 0 Å². The fraction of sp³-hybridized carbons (Fsp3) is 0.273. The number of carboxylic acid groups (broad SMARTS) is 1. The molecule has 0 saturated heterocycles. The first-order valence-electron chi connectivity index (χ1n) is 9.66. The number of ether oxygens (including phenoxy) is 2. The first-order chi connectivity index (χ1) is 14.9. The number of benzene rings is 2. The molecule has 1 N–H and O–H groups in total. The van der Waals surface area contributed by atoms with E-state index in [1.807, 2.05) is 30.3 Å². The minimum atomic E-state index is -1.11. The van der Waals surface area contributed by atoms with Crippen LogP contribution in [0.5, 0.6) is 5.75 Å². The fourth-order valence-electron chi connectivity index (χ4n) is 3.31. The van der Waals surface area contributed by atoms with Crippen LogP contribution < -0.4 is 4.74 Å². The summed E-state index contributed by atoms with van der Waals surface area (Å²) >= 11 is 0.721. The van der Waals surface area contributed by atoms with Gasteiger partial charge in [0.15, 0.2) is 0 Å². The van der Waals surface area contributed by atoms with Crippen LogP contribution in [0.4, 0.5) is 0 Å². The SMILES string of the molecule is O=C(O)CC[C@@H](C(=O)[AsH2])N1C(=O)c2cccc(OCCOCc3ccccc3)c2C1=O. The Morgan fingerprint density at radius 2 is 1.74 bits per heavy atom. The molecular formula is C22H22AsNO7. The summed E-state index contributed by atoms with van der Waals surface area (Å²) in [6, 6.07) is 13.2. The third-order valence-corrected chi connectivity index (χ3v) is 5.58. The summed E-state index contributed by atoms with van der Waals surface area (Å²) in [5.41, 5.74) is 1.25. The van der Waals surface area contributed by atoms with Crippen LogP contribution in [0.1, 0.15) is 39.1 Å². The molecule has 2 amide bonds. The van der Waals surface area contributed by atoms with Crippen LogP contribution in [0.15, 0.2) is 48.5 Å². The van der Waals surface area contributed by atoms with E-state index >= 15 is 0 Å². The van der Waals surface area contributed by atoms with Crippen LogP contribution >= 0.6 is 0 Å². The average molecular weight is 487 g/mol. The van der Waals surface area contributed by atoms with E-state index in [4.69, 9.17) is 14.6 Å². The summed E-state index contributed by atoms with van der Waals surface area (Å²) in [7, 11) is 0. The van der Waals surface area contributed by atoms with Crippen molar-refractivity contribution >= 4 is 39.2 Å². The molecule has 162 valence electrons. The molecule has 0 saturated carbocycles. The number of rotatable bonds is 11. The van der Waals surface area contributed by atoms with Crippen LogP contribution in [0.3, 0.4) is 0 Å². The first kappa shape index (κ1) is 22.7. The monoisotopic (exact) mass is 487 g/mol. The molecule has 1 aliphatic heterocycles. The van der Waals surface area contributed by atoms with Crippen molar-refractivity contribution in [3.05, 3.63) is 65.2 Å². The Labute approximate surface area is 187 Å². The zero-order valence-corrected chi connectivity index (χ0v) is 19.1. The topological polar surface area (TPSA) is 110 Å². The quantitative estimate of drug-likeness (QED) is 0.289. The second kappa shape index (κ2) is 10.4. The Bertz CT molecular complexity index is 993. The number of carbonyl (C=O) groups is 4. The molecule has 0 fully saturated rings. The van der Waals surface area contributed by atoms with E-state index in [1.165, 1.54) is 6.07 Å². The maximum atomic E-state index is 13.0. The number of imide groups is 1. The molecule has 0 aromatic heterocycles. The summed E-state index contributed by atoms with van der Waals surface area (Å²) in [6.45, 7) is 0.874. The molecule has 9 heteroatoms. The molecule has 8 nitrogen and oxygen atoms in total. The van der Waals surface area contributed by atoms with Gasteiger partial charge in [0.05, 0.1) is 0 Å². The standard InChI is InChI=1S/C22H22AsNO7/c23-20(27)16(9-10-18(25)26)24-21(28)15-7-4-8-17(19(15)22(24)29)31-12-11-30-13-14-5-2-1-3-6-14/h1-8,16H,9-13,23H2,(H,25,26)/t16-/m0/s1. The van der Waals surface area contributed by atoms with Crippen LogP contribution in [0.25, 0.3) is 0 Å². The molecule has 0 spiro atoms.